The molecular formula is C16H19N3O. The minimum Gasteiger partial charge on any atom is -0.382 e. The number of likely N-dealkylation sites (tertiary alicyclic amines) is 1. The minimum atomic E-state index is -0.311. The SMILES string of the molecule is NC(=O)N1CCC(Nc2cccc3ccccc23)CC1. The molecule has 2 aromatic carbocycles. The Morgan fingerprint density at radius 3 is 2.55 bits per heavy atom. The van der Waals surface area contributed by atoms with Gasteiger partial charge >= 0.3 is 6.03 Å². The molecule has 0 aliphatic carbocycles. The van der Waals surface area contributed by atoms with Crippen LogP contribution in [0.15, 0.2) is 42.5 Å². The fourth-order valence-corrected chi connectivity index (χ4v) is 2.82. The van der Waals surface area contributed by atoms with Crippen molar-refractivity contribution in [3.8, 4) is 0 Å². The molecule has 1 heterocycles. The first-order valence-electron chi connectivity index (χ1n) is 7.03. The first-order chi connectivity index (χ1) is 9.74. The van der Waals surface area contributed by atoms with Gasteiger partial charge in [-0.1, -0.05) is 36.4 Å². The second-order valence-corrected chi connectivity index (χ2v) is 5.27. The molecule has 0 saturated carbocycles. The lowest BCUT2D eigenvalue weighted by molar-refractivity contribution is 0.193. The molecule has 0 aromatic heterocycles. The molecule has 3 N–H and O–H groups in total. The molecular weight excluding hydrogens is 250 g/mol. The number of rotatable bonds is 2. The number of hydrogen-bond donors (Lipinski definition) is 2. The topological polar surface area (TPSA) is 58.4 Å². The summed E-state index contributed by atoms with van der Waals surface area (Å²) in [5, 5.41) is 6.09. The first-order valence-corrected chi connectivity index (χ1v) is 7.03. The summed E-state index contributed by atoms with van der Waals surface area (Å²) in [5.74, 6) is 0. The maximum absolute atomic E-state index is 11.1. The van der Waals surface area contributed by atoms with E-state index in [0.717, 1.165) is 25.9 Å². The van der Waals surface area contributed by atoms with E-state index >= 15 is 0 Å². The van der Waals surface area contributed by atoms with Crippen molar-refractivity contribution < 1.29 is 4.79 Å². The van der Waals surface area contributed by atoms with Gasteiger partial charge < -0.3 is 16.0 Å². The van der Waals surface area contributed by atoms with Crippen LogP contribution in [-0.2, 0) is 0 Å². The fourth-order valence-electron chi connectivity index (χ4n) is 2.82. The lowest BCUT2D eigenvalue weighted by atomic mass is 10.0. The summed E-state index contributed by atoms with van der Waals surface area (Å²) >= 11 is 0. The molecule has 104 valence electrons. The molecule has 0 atom stereocenters. The number of primary amides is 1. The monoisotopic (exact) mass is 269 g/mol. The molecule has 0 radical (unpaired) electrons. The van der Waals surface area contributed by atoms with Gasteiger partial charge in [-0.25, -0.2) is 4.79 Å². The standard InChI is InChI=1S/C16H19N3O/c17-16(20)19-10-8-13(9-11-19)18-15-7-3-5-12-4-1-2-6-14(12)15/h1-7,13,18H,8-11H2,(H2,17,20). The third kappa shape index (κ3) is 2.54. The van der Waals surface area contributed by atoms with Crippen molar-refractivity contribution in [3.05, 3.63) is 42.5 Å². The molecule has 2 aromatic rings. The van der Waals surface area contributed by atoms with Gasteiger partial charge in [0, 0.05) is 30.2 Å². The van der Waals surface area contributed by atoms with E-state index in [1.807, 2.05) is 0 Å². The van der Waals surface area contributed by atoms with E-state index in [1.165, 1.54) is 16.5 Å². The van der Waals surface area contributed by atoms with Crippen LogP contribution in [0.1, 0.15) is 12.8 Å². The predicted molar refractivity (Wildman–Crippen MR) is 81.7 cm³/mol. The summed E-state index contributed by atoms with van der Waals surface area (Å²) in [5.41, 5.74) is 6.47. The van der Waals surface area contributed by atoms with E-state index in [1.54, 1.807) is 4.90 Å². The van der Waals surface area contributed by atoms with Crippen LogP contribution < -0.4 is 11.1 Å². The van der Waals surface area contributed by atoms with Crippen LogP contribution in [0.2, 0.25) is 0 Å². The van der Waals surface area contributed by atoms with E-state index in [0.29, 0.717) is 6.04 Å². The van der Waals surface area contributed by atoms with E-state index in [-0.39, 0.29) is 6.03 Å². The lowest BCUT2D eigenvalue weighted by Gasteiger charge is -2.32. The van der Waals surface area contributed by atoms with Crippen molar-refractivity contribution in [1.82, 2.24) is 4.90 Å². The average Bonchev–Trinajstić information content (AvgIpc) is 2.48. The Balaban J connectivity index is 1.73. The molecule has 20 heavy (non-hydrogen) atoms. The number of carbonyl (C=O) groups is 1. The number of benzene rings is 2. The van der Waals surface area contributed by atoms with Gasteiger partial charge in [-0.2, -0.15) is 0 Å². The predicted octanol–water partition coefficient (Wildman–Crippen LogP) is 2.79. The highest BCUT2D eigenvalue weighted by Gasteiger charge is 2.21. The quantitative estimate of drug-likeness (QED) is 0.880. The van der Waals surface area contributed by atoms with Crippen LogP contribution in [0.25, 0.3) is 10.8 Å². The molecule has 1 saturated heterocycles. The van der Waals surface area contributed by atoms with E-state index in [4.69, 9.17) is 5.73 Å². The summed E-state index contributed by atoms with van der Waals surface area (Å²) in [6, 6.07) is 14.8. The molecule has 1 aliphatic heterocycles. The van der Waals surface area contributed by atoms with Crippen molar-refractivity contribution in [2.45, 2.75) is 18.9 Å². The van der Waals surface area contributed by atoms with Gasteiger partial charge in [0.2, 0.25) is 0 Å². The average molecular weight is 269 g/mol. The van der Waals surface area contributed by atoms with Crippen LogP contribution in [0.4, 0.5) is 10.5 Å². The van der Waals surface area contributed by atoms with Gasteiger partial charge in [-0.15, -0.1) is 0 Å². The van der Waals surface area contributed by atoms with E-state index in [9.17, 15) is 4.79 Å². The van der Waals surface area contributed by atoms with Gasteiger partial charge in [-0.3, -0.25) is 0 Å². The number of nitrogens with two attached hydrogens (primary N) is 1. The number of carbonyl (C=O) groups excluding carboxylic acids is 1. The van der Waals surface area contributed by atoms with Crippen molar-refractivity contribution >= 4 is 22.5 Å². The number of amides is 2. The molecule has 3 rings (SSSR count). The summed E-state index contributed by atoms with van der Waals surface area (Å²) in [4.78, 5) is 12.8. The Labute approximate surface area is 118 Å². The molecule has 0 bridgehead atoms. The molecule has 0 unspecified atom stereocenters. The van der Waals surface area contributed by atoms with Crippen LogP contribution in [0.3, 0.4) is 0 Å². The summed E-state index contributed by atoms with van der Waals surface area (Å²) in [6.45, 7) is 1.47. The highest BCUT2D eigenvalue weighted by molar-refractivity contribution is 5.93. The summed E-state index contributed by atoms with van der Waals surface area (Å²) in [7, 11) is 0. The van der Waals surface area contributed by atoms with Crippen LogP contribution in [0.5, 0.6) is 0 Å². The molecule has 4 heteroatoms. The molecule has 2 amide bonds. The third-order valence-corrected chi connectivity index (χ3v) is 3.96. The van der Waals surface area contributed by atoms with Gasteiger partial charge in [0.15, 0.2) is 0 Å². The highest BCUT2D eigenvalue weighted by atomic mass is 16.2. The second kappa shape index (κ2) is 5.41. The molecule has 0 spiro atoms. The van der Waals surface area contributed by atoms with Crippen molar-refractivity contribution in [2.24, 2.45) is 5.73 Å². The molecule has 1 fully saturated rings. The van der Waals surface area contributed by atoms with Crippen LogP contribution in [0, 0.1) is 0 Å². The number of nitrogens with one attached hydrogen (secondary N) is 1. The Morgan fingerprint density at radius 2 is 1.80 bits per heavy atom. The van der Waals surface area contributed by atoms with Gasteiger partial charge in [-0.05, 0) is 24.3 Å². The Kier molecular flexibility index (Phi) is 3.46. The number of piperidine rings is 1. The van der Waals surface area contributed by atoms with Crippen molar-refractivity contribution in [1.29, 1.82) is 0 Å². The Morgan fingerprint density at radius 1 is 1.10 bits per heavy atom. The van der Waals surface area contributed by atoms with E-state index < -0.39 is 0 Å². The summed E-state index contributed by atoms with van der Waals surface area (Å²) in [6.07, 6.45) is 1.87. The van der Waals surface area contributed by atoms with Crippen LogP contribution in [-0.4, -0.2) is 30.1 Å². The van der Waals surface area contributed by atoms with Crippen molar-refractivity contribution in [2.75, 3.05) is 18.4 Å². The molecule has 1 aliphatic rings. The second-order valence-electron chi connectivity index (χ2n) is 5.27. The number of nitrogens with zero attached hydrogens (tertiary/aromatic N) is 1. The largest absolute Gasteiger partial charge is 0.382 e. The van der Waals surface area contributed by atoms with E-state index in [2.05, 4.69) is 47.8 Å². The molecule has 4 nitrogen and oxygen atoms in total. The number of anilines is 1. The number of hydrogen-bond acceptors (Lipinski definition) is 2. The highest BCUT2D eigenvalue weighted by Crippen LogP contribution is 2.25. The summed E-state index contributed by atoms with van der Waals surface area (Å²) < 4.78 is 0. The zero-order valence-corrected chi connectivity index (χ0v) is 11.4. The fraction of sp³-hybridized carbons (Fsp3) is 0.312. The minimum absolute atomic E-state index is 0.311. The third-order valence-electron chi connectivity index (χ3n) is 3.96. The van der Waals surface area contributed by atoms with Gasteiger partial charge in [0.05, 0.1) is 0 Å². The maximum Gasteiger partial charge on any atom is 0.314 e. The van der Waals surface area contributed by atoms with Crippen molar-refractivity contribution in [3.63, 3.8) is 0 Å². The first kappa shape index (κ1) is 12.8. The number of urea groups is 1. The normalized spacial score (nSPS) is 16.3. The zero-order chi connectivity index (χ0) is 13.9. The maximum atomic E-state index is 11.1. The lowest BCUT2D eigenvalue weighted by Crippen LogP contribution is -2.44. The smallest absolute Gasteiger partial charge is 0.314 e. The number of fused-ring (bicyclic) bond motifs is 1. The Hall–Kier alpha value is -2.23. The van der Waals surface area contributed by atoms with Gasteiger partial charge in [0.1, 0.15) is 0 Å². The van der Waals surface area contributed by atoms with Crippen LogP contribution >= 0.6 is 0 Å². The zero-order valence-electron chi connectivity index (χ0n) is 11.4. The van der Waals surface area contributed by atoms with Gasteiger partial charge in [0.25, 0.3) is 0 Å². The Bertz CT molecular complexity index is 613.